The van der Waals surface area contributed by atoms with Gasteiger partial charge in [-0.25, -0.2) is 4.99 Å². The number of aliphatic imine (C=N–C) groups is 2. The van der Waals surface area contributed by atoms with Gasteiger partial charge in [0.1, 0.15) is 4.88 Å². The molecule has 1 unspecified atom stereocenters. The minimum absolute atomic E-state index is 0.115. The van der Waals surface area contributed by atoms with Gasteiger partial charge in [-0.05, 0) is 54.0 Å². The molecule has 0 saturated heterocycles. The number of halogens is 3. The molecule has 2 aliphatic heterocycles. The Morgan fingerprint density at radius 1 is 1.16 bits per heavy atom. The van der Waals surface area contributed by atoms with Crippen molar-refractivity contribution in [3.63, 3.8) is 0 Å². The third-order valence-electron chi connectivity index (χ3n) is 5.93. The maximum absolute atomic E-state index is 12.8. The van der Waals surface area contributed by atoms with Crippen molar-refractivity contribution in [1.82, 2.24) is 9.80 Å². The van der Waals surface area contributed by atoms with Crippen LogP contribution in [-0.4, -0.2) is 46.6 Å². The lowest BCUT2D eigenvalue weighted by molar-refractivity contribution is -0.134. The molecule has 0 radical (unpaired) electrons. The van der Waals surface area contributed by atoms with Gasteiger partial charge in [-0.1, -0.05) is 30.3 Å². The van der Waals surface area contributed by atoms with E-state index in [0.29, 0.717) is 28.7 Å². The molecule has 0 spiro atoms. The number of alkyl halides is 3. The molecule has 0 amide bonds. The largest absolute Gasteiger partial charge is 0.425 e. The van der Waals surface area contributed by atoms with Gasteiger partial charge in [0.05, 0.1) is 12.9 Å². The van der Waals surface area contributed by atoms with Crippen molar-refractivity contribution >= 4 is 29.2 Å². The number of hydrogen-bond acceptors (Lipinski definition) is 6. The zero-order valence-electron chi connectivity index (χ0n) is 17.3. The molecule has 5 rings (SSSR count). The molecular weight excluding hydrogens is 437 g/mol. The van der Waals surface area contributed by atoms with Crippen LogP contribution in [0.25, 0.3) is 5.57 Å². The van der Waals surface area contributed by atoms with Crippen LogP contribution in [0, 0.1) is 0 Å². The van der Waals surface area contributed by atoms with E-state index in [0.717, 1.165) is 24.9 Å². The predicted octanol–water partition coefficient (Wildman–Crippen LogP) is 4.91. The normalized spacial score (nSPS) is 21.6. The second kappa shape index (κ2) is 8.37. The van der Waals surface area contributed by atoms with Gasteiger partial charge in [0.25, 0.3) is 0 Å². The Morgan fingerprint density at radius 3 is 2.66 bits per heavy atom. The van der Waals surface area contributed by atoms with Crippen LogP contribution in [0.2, 0.25) is 0 Å². The number of aliphatic hydroxyl groups is 1. The molecule has 1 fully saturated rings. The summed E-state index contributed by atoms with van der Waals surface area (Å²) in [6.45, 7) is 1.50. The highest BCUT2D eigenvalue weighted by Gasteiger charge is 2.33. The minimum Gasteiger partial charge on any atom is -0.355 e. The third kappa shape index (κ3) is 4.59. The highest BCUT2D eigenvalue weighted by atomic mass is 32.1. The van der Waals surface area contributed by atoms with Crippen LogP contribution in [0.5, 0.6) is 0 Å². The van der Waals surface area contributed by atoms with Crippen molar-refractivity contribution in [2.75, 3.05) is 13.1 Å². The predicted molar refractivity (Wildman–Crippen MR) is 119 cm³/mol. The molecule has 1 N–H and O–H groups in total. The number of guanidine groups is 1. The fraction of sp³-hybridized carbons (Fsp3) is 0.391. The third-order valence-corrected chi connectivity index (χ3v) is 7.04. The van der Waals surface area contributed by atoms with E-state index >= 15 is 0 Å². The SMILES string of the molecule is OC1N=C(N2CC=C(c3cccc(C4CC4)c3)CC2)N=CN1Cc1ccc(C(F)(F)F)s1. The second-order valence-electron chi connectivity index (χ2n) is 8.28. The van der Waals surface area contributed by atoms with E-state index in [-0.39, 0.29) is 6.54 Å². The second-order valence-corrected chi connectivity index (χ2v) is 9.45. The Hall–Kier alpha value is -2.65. The van der Waals surface area contributed by atoms with Crippen LogP contribution >= 0.6 is 11.3 Å². The summed E-state index contributed by atoms with van der Waals surface area (Å²) in [5.41, 5.74) is 4.00. The van der Waals surface area contributed by atoms with Gasteiger partial charge < -0.3 is 14.9 Å². The highest BCUT2D eigenvalue weighted by Crippen LogP contribution is 2.41. The Labute approximate surface area is 188 Å². The number of rotatable bonds is 4. The standard InChI is InChI=1S/C23H23F3N4OS/c24-23(25,26)20-7-6-19(32-20)13-30-14-27-21(28-22(30)31)29-10-8-16(9-11-29)18-3-1-2-17(12-18)15-4-5-15/h1-3,6-8,12,14-15,22,31H,4-5,9-11,13H2. The molecule has 168 valence electrons. The Morgan fingerprint density at radius 2 is 2.00 bits per heavy atom. The molecule has 1 aliphatic carbocycles. The molecule has 9 heteroatoms. The zero-order chi connectivity index (χ0) is 22.3. The van der Waals surface area contributed by atoms with E-state index in [2.05, 4.69) is 40.3 Å². The van der Waals surface area contributed by atoms with Crippen molar-refractivity contribution < 1.29 is 18.3 Å². The molecular formula is C23H23F3N4OS. The molecule has 0 bridgehead atoms. The summed E-state index contributed by atoms with van der Waals surface area (Å²) in [5.74, 6) is 1.16. The van der Waals surface area contributed by atoms with Gasteiger partial charge in [-0.2, -0.15) is 18.2 Å². The molecule has 1 atom stereocenters. The minimum atomic E-state index is -4.36. The Bertz CT molecular complexity index is 1090. The van der Waals surface area contributed by atoms with Gasteiger partial charge in [0, 0.05) is 18.0 Å². The number of thiophene rings is 1. The van der Waals surface area contributed by atoms with E-state index in [1.54, 1.807) is 0 Å². The molecule has 32 heavy (non-hydrogen) atoms. The first-order valence-corrected chi connectivity index (χ1v) is 11.4. The lowest BCUT2D eigenvalue weighted by Gasteiger charge is -2.32. The van der Waals surface area contributed by atoms with Crippen molar-refractivity contribution in [2.24, 2.45) is 9.98 Å². The van der Waals surface area contributed by atoms with Crippen LogP contribution in [0.15, 0.2) is 52.5 Å². The van der Waals surface area contributed by atoms with Gasteiger partial charge in [-0.15, -0.1) is 11.3 Å². The first-order chi connectivity index (χ1) is 15.4. The van der Waals surface area contributed by atoms with Crippen molar-refractivity contribution in [2.45, 2.75) is 44.3 Å². The molecule has 5 nitrogen and oxygen atoms in total. The Balaban J connectivity index is 1.21. The fourth-order valence-corrected chi connectivity index (χ4v) is 4.88. The molecule has 2 aromatic rings. The van der Waals surface area contributed by atoms with Crippen molar-refractivity contribution in [1.29, 1.82) is 0 Å². The van der Waals surface area contributed by atoms with Crippen molar-refractivity contribution in [3.05, 3.63) is 63.4 Å². The number of hydrogen-bond donors (Lipinski definition) is 1. The lowest BCUT2D eigenvalue weighted by Crippen LogP contribution is -2.42. The molecule has 1 aromatic carbocycles. The maximum atomic E-state index is 12.8. The summed E-state index contributed by atoms with van der Waals surface area (Å²) in [7, 11) is 0. The number of benzene rings is 1. The monoisotopic (exact) mass is 460 g/mol. The van der Waals surface area contributed by atoms with Gasteiger partial charge in [-0.3, -0.25) is 0 Å². The fourth-order valence-electron chi connectivity index (χ4n) is 4.00. The van der Waals surface area contributed by atoms with Crippen molar-refractivity contribution in [3.8, 4) is 0 Å². The average Bonchev–Trinajstić information content (AvgIpc) is 3.53. The summed E-state index contributed by atoms with van der Waals surface area (Å²) in [4.78, 5) is 11.9. The molecule has 3 heterocycles. The molecule has 3 aliphatic rings. The van der Waals surface area contributed by atoms with E-state index in [1.165, 1.54) is 46.8 Å². The van der Waals surface area contributed by atoms with E-state index in [4.69, 9.17) is 0 Å². The van der Waals surface area contributed by atoms with Gasteiger partial charge in [0.2, 0.25) is 12.3 Å². The smallest absolute Gasteiger partial charge is 0.355 e. The first kappa shape index (κ1) is 21.2. The zero-order valence-corrected chi connectivity index (χ0v) is 18.1. The maximum Gasteiger partial charge on any atom is 0.425 e. The van der Waals surface area contributed by atoms with Gasteiger partial charge in [0.15, 0.2) is 0 Å². The lowest BCUT2D eigenvalue weighted by atomic mass is 9.97. The summed E-state index contributed by atoms with van der Waals surface area (Å²) in [6, 6.07) is 11.3. The topological polar surface area (TPSA) is 51.4 Å². The average molecular weight is 461 g/mol. The summed E-state index contributed by atoms with van der Waals surface area (Å²) < 4.78 is 38.4. The van der Waals surface area contributed by atoms with Crippen LogP contribution in [0.4, 0.5) is 13.2 Å². The summed E-state index contributed by atoms with van der Waals surface area (Å²) in [6.07, 6.45) is 1.52. The first-order valence-electron chi connectivity index (χ1n) is 10.6. The number of nitrogens with zero attached hydrogens (tertiary/aromatic N) is 4. The van der Waals surface area contributed by atoms with Crippen LogP contribution in [0.1, 0.15) is 46.1 Å². The Kier molecular flexibility index (Phi) is 5.54. The van der Waals surface area contributed by atoms with Crippen LogP contribution in [-0.2, 0) is 12.7 Å². The summed E-state index contributed by atoms with van der Waals surface area (Å²) >= 11 is 0.663. The molecule has 1 saturated carbocycles. The molecule has 1 aromatic heterocycles. The van der Waals surface area contributed by atoms with Crippen LogP contribution < -0.4 is 0 Å². The van der Waals surface area contributed by atoms with Gasteiger partial charge >= 0.3 is 6.18 Å². The highest BCUT2D eigenvalue weighted by molar-refractivity contribution is 7.12. The van der Waals surface area contributed by atoms with Crippen LogP contribution in [0.3, 0.4) is 0 Å². The number of aliphatic hydroxyl groups excluding tert-OH is 1. The van der Waals surface area contributed by atoms with E-state index in [9.17, 15) is 18.3 Å². The quantitative estimate of drug-likeness (QED) is 0.706. The summed E-state index contributed by atoms with van der Waals surface area (Å²) in [5, 5.41) is 10.4. The van der Waals surface area contributed by atoms with E-state index in [1.807, 2.05) is 4.90 Å². The van der Waals surface area contributed by atoms with E-state index < -0.39 is 17.4 Å².